The summed E-state index contributed by atoms with van der Waals surface area (Å²) >= 11 is 0. The van der Waals surface area contributed by atoms with Gasteiger partial charge in [-0.05, 0) is 62.1 Å². The Morgan fingerprint density at radius 1 is 1.08 bits per heavy atom. The van der Waals surface area contributed by atoms with Crippen molar-refractivity contribution < 1.29 is 14.5 Å². The average molecular weight is 328 g/mol. The Morgan fingerprint density at radius 3 is 2.62 bits per heavy atom. The van der Waals surface area contributed by atoms with Gasteiger partial charge in [-0.2, -0.15) is 0 Å². The molecule has 0 unspecified atom stereocenters. The maximum atomic E-state index is 13.0. The molecule has 1 aromatic carbocycles. The highest BCUT2D eigenvalue weighted by Crippen LogP contribution is 2.32. The van der Waals surface area contributed by atoms with Gasteiger partial charge in [0.1, 0.15) is 5.54 Å². The van der Waals surface area contributed by atoms with E-state index in [1.54, 1.807) is 0 Å². The topological polar surface area (TPSA) is 53.9 Å². The molecule has 0 radical (unpaired) electrons. The van der Waals surface area contributed by atoms with Crippen LogP contribution in [0.1, 0.15) is 49.3 Å². The minimum absolute atomic E-state index is 0.108. The van der Waals surface area contributed by atoms with Crippen LogP contribution >= 0.6 is 0 Å². The van der Waals surface area contributed by atoms with Crippen LogP contribution in [0.5, 0.6) is 0 Å². The van der Waals surface area contributed by atoms with E-state index in [0.29, 0.717) is 6.67 Å². The summed E-state index contributed by atoms with van der Waals surface area (Å²) in [6.45, 7) is 4.43. The molecule has 0 saturated carbocycles. The van der Waals surface area contributed by atoms with Gasteiger partial charge in [-0.15, -0.1) is 0 Å². The number of carbonyl (C=O) groups excluding carboxylic acids is 2. The number of rotatable bonds is 3. The quantitative estimate of drug-likeness (QED) is 0.813. The molecule has 2 aliphatic heterocycles. The molecule has 4 rings (SSSR count). The second-order valence-electron chi connectivity index (χ2n) is 7.59. The second kappa shape index (κ2) is 5.88. The third-order valence-electron chi connectivity index (χ3n) is 5.89. The molecule has 5 nitrogen and oxygen atoms in total. The monoisotopic (exact) mass is 328 g/mol. The number of quaternary nitrogens is 1. The number of likely N-dealkylation sites (tertiary alicyclic amines) is 1. The fourth-order valence-electron chi connectivity index (χ4n) is 4.35. The number of amides is 3. The standard InChI is InChI=1S/C19H25N3O2/c1-19(16-9-8-14-6-5-7-15(14)12-16)17(23)22(18(24)20-19)13-21-10-3-2-4-11-21/h8-9,12H,2-7,10-11,13H2,1H3,(H,20,24)/p+1/t19-/m1/s1. The van der Waals surface area contributed by atoms with Crippen LogP contribution in [0.25, 0.3) is 0 Å². The molecule has 2 N–H and O–H groups in total. The van der Waals surface area contributed by atoms with Gasteiger partial charge in [0, 0.05) is 0 Å². The number of urea groups is 1. The number of imide groups is 1. The molecule has 2 saturated heterocycles. The SMILES string of the molecule is C[C@]1(c2ccc3c(c2)CCC3)NC(=O)N(C[NH+]2CCCCC2)C1=O. The smallest absolute Gasteiger partial charge is 0.319 e. The van der Waals surface area contributed by atoms with Crippen LogP contribution in [0.15, 0.2) is 18.2 Å². The maximum Gasteiger partial charge on any atom is 0.329 e. The molecule has 1 atom stereocenters. The van der Waals surface area contributed by atoms with Crippen LogP contribution < -0.4 is 10.2 Å². The molecule has 1 aliphatic carbocycles. The van der Waals surface area contributed by atoms with Crippen LogP contribution in [0.3, 0.4) is 0 Å². The number of nitrogens with one attached hydrogen (secondary N) is 2. The zero-order chi connectivity index (χ0) is 16.7. The third-order valence-corrected chi connectivity index (χ3v) is 5.89. The van der Waals surface area contributed by atoms with Crippen LogP contribution in [-0.2, 0) is 23.2 Å². The van der Waals surface area contributed by atoms with Gasteiger partial charge in [-0.25, -0.2) is 9.69 Å². The summed E-state index contributed by atoms with van der Waals surface area (Å²) in [4.78, 5) is 28.3. The van der Waals surface area contributed by atoms with Crippen LogP contribution in [0.2, 0.25) is 0 Å². The Kier molecular flexibility index (Phi) is 3.83. The number of carbonyl (C=O) groups is 2. The largest absolute Gasteiger partial charge is 0.329 e. The summed E-state index contributed by atoms with van der Waals surface area (Å²) in [7, 11) is 0. The van der Waals surface area contributed by atoms with Gasteiger partial charge in [0.2, 0.25) is 0 Å². The first-order valence-electron chi connectivity index (χ1n) is 9.18. The van der Waals surface area contributed by atoms with Crippen molar-refractivity contribution in [2.75, 3.05) is 19.8 Å². The fourth-order valence-corrected chi connectivity index (χ4v) is 4.35. The fraction of sp³-hybridized carbons (Fsp3) is 0.579. The minimum Gasteiger partial charge on any atom is -0.319 e. The van der Waals surface area contributed by atoms with E-state index in [4.69, 9.17) is 0 Å². The first kappa shape index (κ1) is 15.6. The normalized spacial score (nSPS) is 27.5. The van der Waals surface area contributed by atoms with Crippen molar-refractivity contribution in [3.05, 3.63) is 34.9 Å². The molecule has 1 aromatic rings. The summed E-state index contributed by atoms with van der Waals surface area (Å²) in [5, 5.41) is 2.95. The number of piperidine rings is 1. The highest BCUT2D eigenvalue weighted by atomic mass is 16.2. The molecule has 3 amide bonds. The number of hydrogen-bond acceptors (Lipinski definition) is 2. The Morgan fingerprint density at radius 2 is 1.83 bits per heavy atom. The van der Waals surface area contributed by atoms with Crippen molar-refractivity contribution >= 4 is 11.9 Å². The van der Waals surface area contributed by atoms with Crippen molar-refractivity contribution in [2.45, 2.75) is 51.0 Å². The zero-order valence-electron chi connectivity index (χ0n) is 14.4. The first-order valence-corrected chi connectivity index (χ1v) is 9.18. The number of nitrogens with zero attached hydrogens (tertiary/aromatic N) is 1. The van der Waals surface area contributed by atoms with E-state index >= 15 is 0 Å². The van der Waals surface area contributed by atoms with Crippen molar-refractivity contribution in [1.82, 2.24) is 10.2 Å². The number of hydrogen-bond donors (Lipinski definition) is 2. The van der Waals surface area contributed by atoms with E-state index in [9.17, 15) is 9.59 Å². The zero-order valence-corrected chi connectivity index (χ0v) is 14.4. The van der Waals surface area contributed by atoms with Gasteiger partial charge in [0.15, 0.2) is 6.67 Å². The van der Waals surface area contributed by atoms with E-state index in [2.05, 4.69) is 17.4 Å². The Balaban J connectivity index is 1.57. The van der Waals surface area contributed by atoms with E-state index in [1.165, 1.54) is 46.6 Å². The molecule has 0 spiro atoms. The van der Waals surface area contributed by atoms with E-state index in [0.717, 1.165) is 31.5 Å². The molecule has 128 valence electrons. The van der Waals surface area contributed by atoms with Crippen molar-refractivity contribution in [3.8, 4) is 0 Å². The molecule has 2 heterocycles. The lowest BCUT2D eigenvalue weighted by Crippen LogP contribution is -3.14. The summed E-state index contributed by atoms with van der Waals surface area (Å²) in [6.07, 6.45) is 7.00. The van der Waals surface area contributed by atoms with Crippen molar-refractivity contribution in [1.29, 1.82) is 0 Å². The lowest BCUT2D eigenvalue weighted by Gasteiger charge is -2.27. The predicted molar refractivity (Wildman–Crippen MR) is 90.6 cm³/mol. The summed E-state index contributed by atoms with van der Waals surface area (Å²) in [5.41, 5.74) is 2.70. The Labute approximate surface area is 143 Å². The van der Waals surface area contributed by atoms with Crippen LogP contribution in [0, 0.1) is 0 Å². The summed E-state index contributed by atoms with van der Waals surface area (Å²) in [5.74, 6) is -0.108. The van der Waals surface area contributed by atoms with Crippen molar-refractivity contribution in [3.63, 3.8) is 0 Å². The lowest BCUT2D eigenvalue weighted by atomic mass is 9.90. The summed E-state index contributed by atoms with van der Waals surface area (Å²) < 4.78 is 0. The van der Waals surface area contributed by atoms with Gasteiger partial charge < -0.3 is 10.2 Å². The number of aryl methyl sites for hydroxylation is 2. The summed E-state index contributed by atoms with van der Waals surface area (Å²) in [6, 6.07) is 6.01. The molecule has 0 bridgehead atoms. The first-order chi connectivity index (χ1) is 11.6. The van der Waals surface area contributed by atoms with Crippen molar-refractivity contribution in [2.24, 2.45) is 0 Å². The van der Waals surface area contributed by atoms with Gasteiger partial charge in [-0.1, -0.05) is 18.2 Å². The second-order valence-corrected chi connectivity index (χ2v) is 7.59. The minimum atomic E-state index is -0.927. The molecule has 2 fully saturated rings. The van der Waals surface area contributed by atoms with E-state index in [-0.39, 0.29) is 11.9 Å². The third kappa shape index (κ3) is 2.51. The van der Waals surface area contributed by atoms with Gasteiger partial charge in [0.25, 0.3) is 5.91 Å². The molecule has 5 heteroatoms. The molecular weight excluding hydrogens is 302 g/mol. The predicted octanol–water partition coefficient (Wildman–Crippen LogP) is 0.969. The lowest BCUT2D eigenvalue weighted by molar-refractivity contribution is -0.912. The van der Waals surface area contributed by atoms with Gasteiger partial charge in [0.05, 0.1) is 13.1 Å². The van der Waals surface area contributed by atoms with E-state index < -0.39 is 5.54 Å². The highest BCUT2D eigenvalue weighted by molar-refractivity contribution is 6.07. The van der Waals surface area contributed by atoms with E-state index in [1.807, 2.05) is 13.0 Å². The Bertz CT molecular complexity index is 681. The average Bonchev–Trinajstić information content (AvgIpc) is 3.14. The molecular formula is C19H26N3O2+. The van der Waals surface area contributed by atoms with Gasteiger partial charge in [-0.3, -0.25) is 4.79 Å². The number of fused-ring (bicyclic) bond motifs is 1. The Hall–Kier alpha value is -1.88. The van der Waals surface area contributed by atoms with Crippen LogP contribution in [-0.4, -0.2) is 36.6 Å². The number of benzene rings is 1. The van der Waals surface area contributed by atoms with Crippen LogP contribution in [0.4, 0.5) is 4.79 Å². The molecule has 0 aromatic heterocycles. The van der Waals surface area contributed by atoms with Gasteiger partial charge >= 0.3 is 6.03 Å². The highest BCUT2D eigenvalue weighted by Gasteiger charge is 2.50. The molecule has 3 aliphatic rings. The maximum absolute atomic E-state index is 13.0. The molecule has 24 heavy (non-hydrogen) atoms.